The zero-order valence-electron chi connectivity index (χ0n) is 9.20. The first-order valence-electron chi connectivity index (χ1n) is 4.66. The van der Waals surface area contributed by atoms with Gasteiger partial charge in [0.05, 0.1) is 5.54 Å². The molecule has 3 heteroatoms. The number of pyridine rings is 1. The summed E-state index contributed by atoms with van der Waals surface area (Å²) in [6.45, 7) is 8.05. The van der Waals surface area contributed by atoms with Crippen molar-refractivity contribution >= 4 is 5.84 Å². The second-order valence-electron chi connectivity index (χ2n) is 4.36. The molecule has 2 N–H and O–H groups in total. The van der Waals surface area contributed by atoms with Crippen LogP contribution in [0.1, 0.15) is 31.9 Å². The van der Waals surface area contributed by atoms with Gasteiger partial charge in [-0.05, 0) is 39.3 Å². The Balaban J connectivity index is 3.07. The number of hydrogen-bond donors (Lipinski definition) is 1. The fourth-order valence-corrected chi connectivity index (χ4v) is 1.18. The molecule has 1 aromatic heterocycles. The summed E-state index contributed by atoms with van der Waals surface area (Å²) in [5.74, 6) is 0.581. The van der Waals surface area contributed by atoms with Crippen molar-refractivity contribution in [2.75, 3.05) is 0 Å². The van der Waals surface area contributed by atoms with Crippen LogP contribution in [-0.4, -0.2) is 16.4 Å². The third kappa shape index (κ3) is 2.83. The zero-order chi connectivity index (χ0) is 10.8. The van der Waals surface area contributed by atoms with Crippen molar-refractivity contribution in [1.29, 1.82) is 0 Å². The normalized spacial score (nSPS) is 13.0. The van der Waals surface area contributed by atoms with Gasteiger partial charge >= 0.3 is 0 Å². The highest BCUT2D eigenvalue weighted by Crippen LogP contribution is 2.10. The molecule has 1 rings (SSSR count). The van der Waals surface area contributed by atoms with E-state index in [4.69, 9.17) is 5.73 Å². The maximum Gasteiger partial charge on any atom is 0.126 e. The highest BCUT2D eigenvalue weighted by molar-refractivity contribution is 5.98. The van der Waals surface area contributed by atoms with Gasteiger partial charge in [0.1, 0.15) is 5.84 Å². The molecule has 0 aliphatic carbocycles. The van der Waals surface area contributed by atoms with Crippen LogP contribution in [0.25, 0.3) is 0 Å². The summed E-state index contributed by atoms with van der Waals surface area (Å²) in [6.07, 6.45) is 3.52. The molecule has 0 atom stereocenters. The first kappa shape index (κ1) is 10.7. The average molecular weight is 191 g/mol. The van der Waals surface area contributed by atoms with Gasteiger partial charge in [-0.3, -0.25) is 9.98 Å². The Morgan fingerprint density at radius 1 is 1.43 bits per heavy atom. The molecule has 0 fully saturated rings. The van der Waals surface area contributed by atoms with Gasteiger partial charge in [-0.25, -0.2) is 0 Å². The van der Waals surface area contributed by atoms with Crippen LogP contribution >= 0.6 is 0 Å². The van der Waals surface area contributed by atoms with Gasteiger partial charge in [0, 0.05) is 18.0 Å². The van der Waals surface area contributed by atoms with E-state index in [0.29, 0.717) is 5.84 Å². The molecule has 0 radical (unpaired) electrons. The molecule has 14 heavy (non-hydrogen) atoms. The summed E-state index contributed by atoms with van der Waals surface area (Å²) in [5, 5.41) is 0. The van der Waals surface area contributed by atoms with Crippen LogP contribution in [0.4, 0.5) is 0 Å². The van der Waals surface area contributed by atoms with Crippen LogP contribution in [0.2, 0.25) is 0 Å². The Morgan fingerprint density at radius 2 is 2.07 bits per heavy atom. The largest absolute Gasteiger partial charge is 0.383 e. The average Bonchev–Trinajstić information content (AvgIpc) is 2.01. The second-order valence-corrected chi connectivity index (χ2v) is 4.36. The van der Waals surface area contributed by atoms with Gasteiger partial charge in [-0.2, -0.15) is 0 Å². The maximum atomic E-state index is 5.90. The number of aromatic nitrogens is 1. The molecule has 0 spiro atoms. The predicted molar refractivity (Wildman–Crippen MR) is 59.5 cm³/mol. The third-order valence-electron chi connectivity index (χ3n) is 1.75. The van der Waals surface area contributed by atoms with Crippen molar-refractivity contribution in [1.82, 2.24) is 4.98 Å². The smallest absolute Gasteiger partial charge is 0.126 e. The lowest BCUT2D eigenvalue weighted by atomic mass is 10.1. The van der Waals surface area contributed by atoms with E-state index < -0.39 is 0 Å². The Labute approximate surface area is 85.1 Å². The van der Waals surface area contributed by atoms with E-state index in [1.54, 1.807) is 12.4 Å². The summed E-state index contributed by atoms with van der Waals surface area (Å²) in [4.78, 5) is 8.42. The van der Waals surface area contributed by atoms with Crippen molar-refractivity contribution < 1.29 is 0 Å². The van der Waals surface area contributed by atoms with Crippen LogP contribution in [0, 0.1) is 6.92 Å². The van der Waals surface area contributed by atoms with E-state index >= 15 is 0 Å². The zero-order valence-corrected chi connectivity index (χ0v) is 9.20. The fraction of sp³-hybridized carbons (Fsp3) is 0.455. The standard InChI is InChI=1S/C11H17N3/c1-8-7-13-6-5-9(8)10(12)14-11(2,3)4/h5-7H,1-4H3,(H2,12,14). The van der Waals surface area contributed by atoms with Gasteiger partial charge in [0.15, 0.2) is 0 Å². The number of aliphatic imine (C=N–C) groups is 1. The van der Waals surface area contributed by atoms with Crippen molar-refractivity contribution in [3.05, 3.63) is 29.6 Å². The number of nitrogens with two attached hydrogens (primary N) is 1. The summed E-state index contributed by atoms with van der Waals surface area (Å²) in [7, 11) is 0. The molecule has 3 nitrogen and oxygen atoms in total. The highest BCUT2D eigenvalue weighted by Gasteiger charge is 2.10. The number of aryl methyl sites for hydroxylation is 1. The Morgan fingerprint density at radius 3 is 2.57 bits per heavy atom. The van der Waals surface area contributed by atoms with E-state index in [-0.39, 0.29) is 5.54 Å². The molecule has 76 valence electrons. The second kappa shape index (κ2) is 3.78. The van der Waals surface area contributed by atoms with E-state index in [1.807, 2.05) is 33.8 Å². The SMILES string of the molecule is Cc1cnccc1C(N)=NC(C)(C)C. The minimum absolute atomic E-state index is 0.139. The van der Waals surface area contributed by atoms with E-state index in [2.05, 4.69) is 9.98 Å². The predicted octanol–water partition coefficient (Wildman–Crippen LogP) is 1.89. The molecule has 0 aromatic carbocycles. The molecular weight excluding hydrogens is 174 g/mol. The van der Waals surface area contributed by atoms with Gasteiger partial charge in [0.2, 0.25) is 0 Å². The minimum Gasteiger partial charge on any atom is -0.383 e. The lowest BCUT2D eigenvalue weighted by Crippen LogP contribution is -2.22. The number of hydrogen-bond acceptors (Lipinski definition) is 2. The summed E-state index contributed by atoms with van der Waals surface area (Å²) in [5.41, 5.74) is 7.79. The topological polar surface area (TPSA) is 51.3 Å². The van der Waals surface area contributed by atoms with Gasteiger partial charge in [0.25, 0.3) is 0 Å². The van der Waals surface area contributed by atoms with E-state index in [1.165, 1.54) is 0 Å². The van der Waals surface area contributed by atoms with Crippen LogP contribution in [0.15, 0.2) is 23.5 Å². The van der Waals surface area contributed by atoms with Crippen LogP contribution < -0.4 is 5.73 Å². The van der Waals surface area contributed by atoms with Crippen LogP contribution in [0.5, 0.6) is 0 Å². The first-order valence-corrected chi connectivity index (χ1v) is 4.66. The van der Waals surface area contributed by atoms with Crippen molar-refractivity contribution in [2.24, 2.45) is 10.7 Å². The molecule has 0 saturated heterocycles. The minimum atomic E-state index is -0.139. The Kier molecular flexibility index (Phi) is 2.89. The van der Waals surface area contributed by atoms with Gasteiger partial charge in [-0.1, -0.05) is 0 Å². The summed E-state index contributed by atoms with van der Waals surface area (Å²) in [6, 6.07) is 1.89. The van der Waals surface area contributed by atoms with Crippen molar-refractivity contribution in [3.63, 3.8) is 0 Å². The lowest BCUT2D eigenvalue weighted by Gasteiger charge is -2.14. The number of amidine groups is 1. The van der Waals surface area contributed by atoms with Gasteiger partial charge < -0.3 is 5.73 Å². The molecule has 0 aliphatic rings. The van der Waals surface area contributed by atoms with Crippen LogP contribution in [0.3, 0.4) is 0 Å². The van der Waals surface area contributed by atoms with E-state index in [0.717, 1.165) is 11.1 Å². The Bertz CT molecular complexity index is 348. The molecule has 1 heterocycles. The number of rotatable bonds is 1. The number of nitrogens with zero attached hydrogens (tertiary/aromatic N) is 2. The van der Waals surface area contributed by atoms with Gasteiger partial charge in [-0.15, -0.1) is 0 Å². The van der Waals surface area contributed by atoms with E-state index in [9.17, 15) is 0 Å². The fourth-order valence-electron chi connectivity index (χ4n) is 1.18. The molecular formula is C11H17N3. The van der Waals surface area contributed by atoms with Crippen molar-refractivity contribution in [3.8, 4) is 0 Å². The highest BCUT2D eigenvalue weighted by atomic mass is 14.9. The molecule has 0 bridgehead atoms. The maximum absolute atomic E-state index is 5.90. The lowest BCUT2D eigenvalue weighted by molar-refractivity contribution is 0.583. The molecule has 1 aromatic rings. The quantitative estimate of drug-likeness (QED) is 0.544. The molecule has 0 amide bonds. The first-order chi connectivity index (χ1) is 6.40. The molecule has 0 aliphatic heterocycles. The summed E-state index contributed by atoms with van der Waals surface area (Å²) >= 11 is 0. The third-order valence-corrected chi connectivity index (χ3v) is 1.75. The Hall–Kier alpha value is -1.38. The molecule has 0 saturated carbocycles. The van der Waals surface area contributed by atoms with Crippen molar-refractivity contribution in [2.45, 2.75) is 33.2 Å². The summed E-state index contributed by atoms with van der Waals surface area (Å²) < 4.78 is 0. The van der Waals surface area contributed by atoms with Crippen LogP contribution in [-0.2, 0) is 0 Å². The monoisotopic (exact) mass is 191 g/mol. The molecule has 0 unspecified atom stereocenters.